The minimum absolute atomic E-state index is 0. The predicted octanol–water partition coefficient (Wildman–Crippen LogP) is 0.469. The molecule has 0 unspecified atom stereocenters. The van der Waals surface area contributed by atoms with Gasteiger partial charge in [0.1, 0.15) is 0 Å². The quantitative estimate of drug-likeness (QED) is 0.385. The Bertz CT molecular complexity index is 26.6. The van der Waals surface area contributed by atoms with Gasteiger partial charge in [0.25, 0.3) is 0 Å². The van der Waals surface area contributed by atoms with Crippen LogP contribution in [0.1, 0.15) is 13.8 Å². The molecule has 0 aliphatic rings. The van der Waals surface area contributed by atoms with Gasteiger partial charge in [0, 0.05) is 0 Å². The van der Waals surface area contributed by atoms with Crippen LogP contribution in [0.2, 0.25) is 0 Å². The second kappa shape index (κ2) is 5.00. The van der Waals surface area contributed by atoms with E-state index in [9.17, 15) is 0 Å². The summed E-state index contributed by atoms with van der Waals surface area (Å²) >= 11 is 0. The van der Waals surface area contributed by atoms with Gasteiger partial charge in [-0.25, -0.2) is 0 Å². The minimum atomic E-state index is 0. The summed E-state index contributed by atoms with van der Waals surface area (Å²) in [6.45, 7) is 8.75. The van der Waals surface area contributed by atoms with Crippen LogP contribution in [0.4, 0.5) is 0 Å². The van der Waals surface area contributed by atoms with E-state index in [4.69, 9.17) is 6.58 Å². The molecule has 0 saturated carbocycles. The molecule has 0 heterocycles. The van der Waals surface area contributed by atoms with E-state index in [1.807, 2.05) is 13.8 Å². The Balaban J connectivity index is 0. The molecular formula is C4H9Ca. The summed E-state index contributed by atoms with van der Waals surface area (Å²) in [5, 5.41) is 0. The van der Waals surface area contributed by atoms with Gasteiger partial charge in [-0.3, -0.25) is 0 Å². The zero-order valence-corrected chi connectivity index (χ0v) is 3.08. The first kappa shape index (κ1) is 9.37. The van der Waals surface area contributed by atoms with Crippen molar-refractivity contribution in [3.63, 3.8) is 0 Å². The van der Waals surface area contributed by atoms with E-state index in [2.05, 4.69) is 0 Å². The normalized spacial score (nSPS) is 5.20. The molecule has 0 aromatic rings. The summed E-state index contributed by atoms with van der Waals surface area (Å²) < 4.78 is 0. The van der Waals surface area contributed by atoms with Crippen LogP contribution in [-0.4, -0.2) is 37.7 Å². The van der Waals surface area contributed by atoms with E-state index in [0.29, 0.717) is 0 Å². The second-order valence-electron chi connectivity index (χ2n) is 1.08. The molecule has 0 fully saturated rings. The molecule has 0 amide bonds. The molecule has 5 heavy (non-hydrogen) atoms. The third-order valence-electron chi connectivity index (χ3n) is 0. The molecule has 0 aromatic heterocycles. The van der Waals surface area contributed by atoms with Crippen LogP contribution in [-0.2, 0) is 0 Å². The number of allylic oxidation sites excluding steroid dienone is 1. The fourth-order valence-corrected chi connectivity index (χ4v) is 0. The fourth-order valence-electron chi connectivity index (χ4n) is 0. The first-order valence-electron chi connectivity index (χ1n) is 1.29. The SMILES string of the molecule is [CH]=C(C)C.[CaH2]. The van der Waals surface area contributed by atoms with Crippen molar-refractivity contribution in [1.29, 1.82) is 0 Å². The molecule has 0 bridgehead atoms. The molecular weight excluding hydrogens is 88.1 g/mol. The zero-order valence-electron chi connectivity index (χ0n) is 3.08. The molecule has 0 N–H and O–H groups in total. The topological polar surface area (TPSA) is 0 Å². The molecule has 0 aliphatic carbocycles. The van der Waals surface area contributed by atoms with Gasteiger partial charge >= 0.3 is 37.7 Å². The van der Waals surface area contributed by atoms with Gasteiger partial charge < -0.3 is 0 Å². The van der Waals surface area contributed by atoms with E-state index in [1.54, 1.807) is 0 Å². The van der Waals surface area contributed by atoms with Crippen molar-refractivity contribution in [1.82, 2.24) is 0 Å². The Morgan fingerprint density at radius 1 is 1.40 bits per heavy atom. The van der Waals surface area contributed by atoms with Crippen molar-refractivity contribution in [3.05, 3.63) is 12.2 Å². The molecule has 0 spiro atoms. The molecule has 0 rings (SSSR count). The van der Waals surface area contributed by atoms with Crippen molar-refractivity contribution in [2.45, 2.75) is 13.8 Å². The molecule has 0 nitrogen and oxygen atoms in total. The van der Waals surface area contributed by atoms with Crippen LogP contribution in [0.15, 0.2) is 5.57 Å². The van der Waals surface area contributed by atoms with Crippen LogP contribution >= 0.6 is 0 Å². The van der Waals surface area contributed by atoms with Crippen molar-refractivity contribution >= 4 is 37.7 Å². The van der Waals surface area contributed by atoms with E-state index >= 15 is 0 Å². The maximum absolute atomic E-state index is 5.03. The van der Waals surface area contributed by atoms with Crippen molar-refractivity contribution in [2.75, 3.05) is 0 Å². The van der Waals surface area contributed by atoms with E-state index in [1.165, 1.54) is 0 Å². The van der Waals surface area contributed by atoms with Gasteiger partial charge in [-0.2, -0.15) is 0 Å². The summed E-state index contributed by atoms with van der Waals surface area (Å²) in [6.07, 6.45) is 0. The van der Waals surface area contributed by atoms with Gasteiger partial charge in [-0.05, 0) is 13.8 Å². The molecule has 0 aliphatic heterocycles. The van der Waals surface area contributed by atoms with Crippen LogP contribution in [0, 0.1) is 6.58 Å². The van der Waals surface area contributed by atoms with E-state index < -0.39 is 0 Å². The zero-order chi connectivity index (χ0) is 3.58. The van der Waals surface area contributed by atoms with Crippen molar-refractivity contribution < 1.29 is 0 Å². The van der Waals surface area contributed by atoms with Crippen LogP contribution < -0.4 is 0 Å². The Kier molecular flexibility index (Phi) is 9.37. The number of rotatable bonds is 0. The molecule has 27 valence electrons. The van der Waals surface area contributed by atoms with E-state index in [-0.39, 0.29) is 37.7 Å². The number of hydrogen-bond donors (Lipinski definition) is 0. The molecule has 1 radical (unpaired) electrons. The fraction of sp³-hybridized carbons (Fsp3) is 0.500. The average molecular weight is 97.2 g/mol. The third kappa shape index (κ3) is 45.0. The summed E-state index contributed by atoms with van der Waals surface area (Å²) in [7, 11) is 0. The first-order valence-corrected chi connectivity index (χ1v) is 1.29. The predicted molar refractivity (Wildman–Crippen MR) is 27.7 cm³/mol. The van der Waals surface area contributed by atoms with Gasteiger partial charge in [0.05, 0.1) is 0 Å². The molecule has 1 heteroatoms. The molecule has 0 saturated heterocycles. The molecule has 0 atom stereocenters. The van der Waals surface area contributed by atoms with E-state index in [0.717, 1.165) is 5.57 Å². The average Bonchev–Trinajstić information content (AvgIpc) is 0.811. The maximum atomic E-state index is 5.03. The summed E-state index contributed by atoms with van der Waals surface area (Å²) in [6, 6.07) is 0. The van der Waals surface area contributed by atoms with Gasteiger partial charge in [-0.15, -0.1) is 0 Å². The Morgan fingerprint density at radius 3 is 1.40 bits per heavy atom. The van der Waals surface area contributed by atoms with Crippen LogP contribution in [0.5, 0.6) is 0 Å². The van der Waals surface area contributed by atoms with Crippen LogP contribution in [0.3, 0.4) is 0 Å². The third-order valence-corrected chi connectivity index (χ3v) is 0. The summed E-state index contributed by atoms with van der Waals surface area (Å²) in [5.41, 5.74) is 0.917. The van der Waals surface area contributed by atoms with Crippen molar-refractivity contribution in [3.8, 4) is 0 Å². The van der Waals surface area contributed by atoms with Crippen molar-refractivity contribution in [2.24, 2.45) is 0 Å². The summed E-state index contributed by atoms with van der Waals surface area (Å²) in [4.78, 5) is 0. The Morgan fingerprint density at radius 2 is 1.40 bits per heavy atom. The van der Waals surface area contributed by atoms with Gasteiger partial charge in [-0.1, -0.05) is 12.2 Å². The number of hydrogen-bond acceptors (Lipinski definition) is 0. The Labute approximate surface area is 63.3 Å². The Hall–Kier alpha value is 1.000. The summed E-state index contributed by atoms with van der Waals surface area (Å²) in [5.74, 6) is 0. The molecule has 0 aromatic carbocycles. The first-order chi connectivity index (χ1) is 1.73. The van der Waals surface area contributed by atoms with Crippen LogP contribution in [0.25, 0.3) is 0 Å². The second-order valence-corrected chi connectivity index (χ2v) is 1.08. The monoisotopic (exact) mass is 97.0 g/mol. The van der Waals surface area contributed by atoms with Gasteiger partial charge in [0.2, 0.25) is 0 Å². The van der Waals surface area contributed by atoms with Gasteiger partial charge in [0.15, 0.2) is 0 Å². The standard InChI is InChI=1S/C4H7.Ca.2H/c1-4(2)3;;;/h1H,2-3H3;;;.